The second-order valence-corrected chi connectivity index (χ2v) is 9.31. The van der Waals surface area contributed by atoms with Gasteiger partial charge in [-0.1, -0.05) is 72.8 Å². The number of hydrogen-bond acceptors (Lipinski definition) is 5. The summed E-state index contributed by atoms with van der Waals surface area (Å²) in [5.74, 6) is 0.0814. The minimum absolute atomic E-state index is 0.0713. The Kier molecular flexibility index (Phi) is 7.78. The molecule has 4 aromatic rings. The highest BCUT2D eigenvalue weighted by atomic mass is 16.5. The number of amides is 1. The first kappa shape index (κ1) is 25.9. The summed E-state index contributed by atoms with van der Waals surface area (Å²) < 4.78 is 16.9. The predicted octanol–water partition coefficient (Wildman–Crippen LogP) is 5.81. The van der Waals surface area contributed by atoms with E-state index in [9.17, 15) is 14.7 Å². The Balaban J connectivity index is 1.23. The zero-order chi connectivity index (χ0) is 27.2. The number of carbonyl (C=O) groups excluding carboxylic acids is 1. The van der Waals surface area contributed by atoms with Gasteiger partial charge in [-0.05, 0) is 52.1 Å². The van der Waals surface area contributed by atoms with E-state index in [1.54, 1.807) is 19.2 Å². The molecular weight excluding hydrogens is 494 g/mol. The van der Waals surface area contributed by atoms with E-state index < -0.39 is 18.1 Å². The van der Waals surface area contributed by atoms with Crippen molar-refractivity contribution in [1.29, 1.82) is 0 Å². The molecule has 7 nitrogen and oxygen atoms in total. The van der Waals surface area contributed by atoms with Crippen LogP contribution in [-0.4, -0.2) is 36.9 Å². The largest absolute Gasteiger partial charge is 0.496 e. The van der Waals surface area contributed by atoms with E-state index in [1.807, 2.05) is 72.8 Å². The summed E-state index contributed by atoms with van der Waals surface area (Å²) in [4.78, 5) is 24.7. The third-order valence-corrected chi connectivity index (χ3v) is 6.86. The lowest BCUT2D eigenvalue weighted by Gasteiger charge is -2.18. The molecule has 0 bridgehead atoms. The molecule has 0 spiro atoms. The lowest BCUT2D eigenvalue weighted by molar-refractivity contribution is -0.139. The lowest BCUT2D eigenvalue weighted by Crippen LogP contribution is -2.42. The van der Waals surface area contributed by atoms with Crippen molar-refractivity contribution in [3.63, 3.8) is 0 Å². The van der Waals surface area contributed by atoms with E-state index in [0.29, 0.717) is 17.1 Å². The van der Waals surface area contributed by atoms with E-state index in [-0.39, 0.29) is 25.6 Å². The number of aliphatic carboxylic acids is 1. The maximum absolute atomic E-state index is 12.7. The Bertz CT molecular complexity index is 1420. The molecule has 1 aliphatic rings. The van der Waals surface area contributed by atoms with Gasteiger partial charge in [0.1, 0.15) is 30.8 Å². The summed E-state index contributed by atoms with van der Waals surface area (Å²) in [5.41, 5.74) is 5.90. The number of methoxy groups -OCH3 is 1. The SMILES string of the molecule is COc1ccc(CC(NC(=O)OCC2c3ccccc3-c3ccccc32)C(=O)O)cc1COc1ccccc1. The second kappa shape index (κ2) is 11.7. The minimum atomic E-state index is -1.17. The van der Waals surface area contributed by atoms with Crippen LogP contribution in [0.15, 0.2) is 97.1 Å². The molecule has 2 N–H and O–H groups in total. The second-order valence-electron chi connectivity index (χ2n) is 9.31. The molecule has 1 amide bonds. The molecule has 1 atom stereocenters. The highest BCUT2D eigenvalue weighted by molar-refractivity contribution is 5.81. The summed E-state index contributed by atoms with van der Waals surface area (Å²) in [5, 5.41) is 12.3. The van der Waals surface area contributed by atoms with Gasteiger partial charge in [0.05, 0.1) is 7.11 Å². The van der Waals surface area contributed by atoms with Crippen LogP contribution >= 0.6 is 0 Å². The van der Waals surface area contributed by atoms with Crippen molar-refractivity contribution in [2.24, 2.45) is 0 Å². The van der Waals surface area contributed by atoms with Gasteiger partial charge in [0, 0.05) is 17.9 Å². The van der Waals surface area contributed by atoms with E-state index in [0.717, 1.165) is 27.8 Å². The van der Waals surface area contributed by atoms with Crippen LogP contribution in [0.2, 0.25) is 0 Å². The molecule has 0 heterocycles. The number of fused-ring (bicyclic) bond motifs is 3. The van der Waals surface area contributed by atoms with E-state index >= 15 is 0 Å². The molecule has 0 saturated carbocycles. The monoisotopic (exact) mass is 523 g/mol. The third kappa shape index (κ3) is 5.88. The number of ether oxygens (including phenoxy) is 3. The molecule has 0 radical (unpaired) electrons. The number of para-hydroxylation sites is 1. The van der Waals surface area contributed by atoms with Crippen LogP contribution in [0.4, 0.5) is 4.79 Å². The molecule has 1 unspecified atom stereocenters. The predicted molar refractivity (Wildman–Crippen MR) is 147 cm³/mol. The van der Waals surface area contributed by atoms with Crippen molar-refractivity contribution >= 4 is 12.1 Å². The van der Waals surface area contributed by atoms with Gasteiger partial charge in [0.25, 0.3) is 0 Å². The first-order valence-electron chi connectivity index (χ1n) is 12.7. The van der Waals surface area contributed by atoms with E-state index in [4.69, 9.17) is 14.2 Å². The molecule has 5 rings (SSSR count). The number of benzene rings is 4. The Morgan fingerprint density at radius 2 is 1.51 bits per heavy atom. The molecular formula is C32H29NO6. The molecule has 4 aromatic carbocycles. The molecule has 39 heavy (non-hydrogen) atoms. The van der Waals surface area contributed by atoms with Crippen LogP contribution in [0.1, 0.15) is 28.2 Å². The fourth-order valence-corrected chi connectivity index (χ4v) is 4.97. The average molecular weight is 524 g/mol. The normalized spacial score (nSPS) is 12.6. The van der Waals surface area contributed by atoms with Crippen LogP contribution in [0.5, 0.6) is 11.5 Å². The number of rotatable bonds is 10. The van der Waals surface area contributed by atoms with Gasteiger partial charge in [-0.25, -0.2) is 9.59 Å². The zero-order valence-electron chi connectivity index (χ0n) is 21.5. The van der Waals surface area contributed by atoms with Crippen LogP contribution in [-0.2, 0) is 22.6 Å². The molecule has 198 valence electrons. The van der Waals surface area contributed by atoms with E-state index in [1.165, 1.54) is 0 Å². The van der Waals surface area contributed by atoms with Gasteiger partial charge >= 0.3 is 12.1 Å². The third-order valence-electron chi connectivity index (χ3n) is 6.86. The maximum Gasteiger partial charge on any atom is 0.407 e. The van der Waals surface area contributed by atoms with Crippen LogP contribution in [0.3, 0.4) is 0 Å². The summed E-state index contributed by atoms with van der Waals surface area (Å²) >= 11 is 0. The van der Waals surface area contributed by atoms with Crippen molar-refractivity contribution in [3.8, 4) is 22.6 Å². The number of carbonyl (C=O) groups is 2. The Morgan fingerprint density at radius 1 is 0.872 bits per heavy atom. The lowest BCUT2D eigenvalue weighted by atomic mass is 9.98. The molecule has 0 saturated heterocycles. The van der Waals surface area contributed by atoms with Gasteiger partial charge in [-0.15, -0.1) is 0 Å². The highest BCUT2D eigenvalue weighted by Crippen LogP contribution is 2.44. The van der Waals surface area contributed by atoms with Crippen molar-refractivity contribution in [3.05, 3.63) is 119 Å². The van der Waals surface area contributed by atoms with Gasteiger partial charge in [-0.3, -0.25) is 0 Å². The highest BCUT2D eigenvalue weighted by Gasteiger charge is 2.30. The number of alkyl carbamates (subject to hydrolysis) is 1. The number of hydrogen-bond donors (Lipinski definition) is 2. The minimum Gasteiger partial charge on any atom is -0.496 e. The standard InChI is InChI=1S/C32H29NO6/c1-37-30-16-15-21(17-22(30)19-38-23-9-3-2-4-10-23)18-29(31(34)35)33-32(36)39-20-28-26-13-7-5-11-24(26)25-12-6-8-14-27(25)28/h2-17,28-29H,18-20H2,1H3,(H,33,36)(H,34,35). The molecule has 0 fully saturated rings. The van der Waals surface area contributed by atoms with Gasteiger partial charge < -0.3 is 24.6 Å². The number of carboxylic acids is 1. The maximum atomic E-state index is 12.7. The van der Waals surface area contributed by atoms with Crippen molar-refractivity contribution in [1.82, 2.24) is 5.32 Å². The molecule has 1 aliphatic carbocycles. The van der Waals surface area contributed by atoms with Crippen molar-refractivity contribution in [2.75, 3.05) is 13.7 Å². The van der Waals surface area contributed by atoms with Crippen LogP contribution in [0, 0.1) is 0 Å². The summed E-state index contributed by atoms with van der Waals surface area (Å²) in [6.07, 6.45) is -0.701. The summed E-state index contributed by atoms with van der Waals surface area (Å²) in [6.45, 7) is 0.355. The van der Waals surface area contributed by atoms with Crippen LogP contribution < -0.4 is 14.8 Å². The number of carboxylic acid groups (broad SMARTS) is 1. The Hall–Kier alpha value is -4.78. The fraction of sp³-hybridized carbons (Fsp3) is 0.188. The Morgan fingerprint density at radius 3 is 2.15 bits per heavy atom. The zero-order valence-corrected chi connectivity index (χ0v) is 21.5. The molecule has 0 aromatic heterocycles. The topological polar surface area (TPSA) is 94.1 Å². The molecule has 7 heteroatoms. The summed E-state index contributed by atoms with van der Waals surface area (Å²) in [7, 11) is 1.57. The first-order chi connectivity index (χ1) is 19.0. The first-order valence-corrected chi connectivity index (χ1v) is 12.7. The van der Waals surface area contributed by atoms with E-state index in [2.05, 4.69) is 17.4 Å². The van der Waals surface area contributed by atoms with Gasteiger partial charge in [0.15, 0.2) is 0 Å². The number of nitrogens with one attached hydrogen (secondary N) is 1. The van der Waals surface area contributed by atoms with Crippen LogP contribution in [0.25, 0.3) is 11.1 Å². The van der Waals surface area contributed by atoms with Gasteiger partial charge in [0.2, 0.25) is 0 Å². The summed E-state index contributed by atoms with van der Waals surface area (Å²) in [6, 6.07) is 29.7. The average Bonchev–Trinajstić information content (AvgIpc) is 3.29. The quantitative estimate of drug-likeness (QED) is 0.273. The van der Waals surface area contributed by atoms with Gasteiger partial charge in [-0.2, -0.15) is 0 Å². The van der Waals surface area contributed by atoms with Crippen molar-refractivity contribution < 1.29 is 28.9 Å². The Labute approximate surface area is 227 Å². The fourth-order valence-electron chi connectivity index (χ4n) is 4.97. The van der Waals surface area contributed by atoms with Crippen molar-refractivity contribution in [2.45, 2.75) is 25.0 Å². The smallest absolute Gasteiger partial charge is 0.407 e. The molecule has 0 aliphatic heterocycles.